The molecule has 1 aliphatic rings. The summed E-state index contributed by atoms with van der Waals surface area (Å²) in [5.74, 6) is -1.97. The molecule has 0 saturated carbocycles. The number of amides is 2. The van der Waals surface area contributed by atoms with Gasteiger partial charge in [0.05, 0.1) is 18.0 Å². The van der Waals surface area contributed by atoms with Gasteiger partial charge in [-0.1, -0.05) is 35.9 Å². The molecule has 2 aromatic carbocycles. The van der Waals surface area contributed by atoms with E-state index in [1.165, 1.54) is 24.3 Å². The molecule has 2 aromatic heterocycles. The number of rotatable bonds is 6. The lowest BCUT2D eigenvalue weighted by Crippen LogP contribution is -2.28. The van der Waals surface area contributed by atoms with E-state index in [9.17, 15) is 18.8 Å². The number of carboxylic acids is 1. The Balaban J connectivity index is 1.46. The molecular formula is C25H16ClFN2O5S. The number of halogens is 2. The van der Waals surface area contributed by atoms with Gasteiger partial charge in [-0.05, 0) is 48.2 Å². The van der Waals surface area contributed by atoms with Crippen LogP contribution in [0.5, 0.6) is 0 Å². The number of hydrogen-bond donors (Lipinski definition) is 1. The first kappa shape index (κ1) is 22.9. The minimum Gasteiger partial charge on any atom is -0.475 e. The van der Waals surface area contributed by atoms with Crippen LogP contribution in [0.25, 0.3) is 17.0 Å². The summed E-state index contributed by atoms with van der Waals surface area (Å²) in [5, 5.41) is 9.55. The topological polar surface area (TPSA) is 92.8 Å². The van der Waals surface area contributed by atoms with Crippen LogP contribution in [0.4, 0.5) is 9.18 Å². The molecule has 1 aliphatic heterocycles. The van der Waals surface area contributed by atoms with Crippen molar-refractivity contribution in [3.8, 4) is 0 Å². The number of para-hydroxylation sites is 1. The smallest absolute Gasteiger partial charge is 0.371 e. The minimum atomic E-state index is -1.15. The fourth-order valence-electron chi connectivity index (χ4n) is 3.89. The molecule has 35 heavy (non-hydrogen) atoms. The van der Waals surface area contributed by atoms with Crippen LogP contribution in [0.3, 0.4) is 0 Å². The van der Waals surface area contributed by atoms with Crippen LogP contribution in [0, 0.1) is 5.82 Å². The number of thioether (sulfide) groups is 1. The first-order valence-electron chi connectivity index (χ1n) is 10.4. The Bertz CT molecular complexity index is 1520. The van der Waals surface area contributed by atoms with E-state index in [-0.39, 0.29) is 34.3 Å². The molecule has 1 saturated heterocycles. The predicted molar refractivity (Wildman–Crippen MR) is 130 cm³/mol. The van der Waals surface area contributed by atoms with Crippen LogP contribution in [-0.2, 0) is 17.9 Å². The Morgan fingerprint density at radius 1 is 1.09 bits per heavy atom. The molecule has 10 heteroatoms. The zero-order valence-corrected chi connectivity index (χ0v) is 19.5. The van der Waals surface area contributed by atoms with Crippen molar-refractivity contribution in [1.82, 2.24) is 9.47 Å². The quantitative estimate of drug-likeness (QED) is 0.319. The van der Waals surface area contributed by atoms with Gasteiger partial charge in [-0.15, -0.1) is 0 Å². The molecule has 0 radical (unpaired) electrons. The van der Waals surface area contributed by atoms with E-state index >= 15 is 0 Å². The van der Waals surface area contributed by atoms with E-state index < -0.39 is 22.9 Å². The van der Waals surface area contributed by atoms with Crippen LogP contribution >= 0.6 is 23.4 Å². The molecule has 4 aromatic rings. The molecule has 2 amide bonds. The maximum atomic E-state index is 14.2. The van der Waals surface area contributed by atoms with Crippen molar-refractivity contribution >= 4 is 57.5 Å². The number of fused-ring (bicyclic) bond motifs is 1. The molecule has 1 fully saturated rings. The van der Waals surface area contributed by atoms with Crippen molar-refractivity contribution in [2.24, 2.45) is 0 Å². The maximum absolute atomic E-state index is 14.2. The number of benzene rings is 2. The Hall–Kier alpha value is -3.82. The van der Waals surface area contributed by atoms with Gasteiger partial charge in [0.15, 0.2) is 0 Å². The summed E-state index contributed by atoms with van der Waals surface area (Å²) < 4.78 is 21.5. The predicted octanol–water partition coefficient (Wildman–Crippen LogP) is 6.01. The van der Waals surface area contributed by atoms with Gasteiger partial charge >= 0.3 is 5.97 Å². The second-order valence-electron chi connectivity index (χ2n) is 7.77. The molecule has 0 aliphatic carbocycles. The van der Waals surface area contributed by atoms with Crippen molar-refractivity contribution in [3.63, 3.8) is 0 Å². The van der Waals surface area contributed by atoms with E-state index in [0.29, 0.717) is 11.3 Å². The summed E-state index contributed by atoms with van der Waals surface area (Å²) in [4.78, 5) is 37.9. The highest BCUT2D eigenvalue weighted by Gasteiger charge is 2.36. The van der Waals surface area contributed by atoms with Gasteiger partial charge in [0.1, 0.15) is 11.6 Å². The van der Waals surface area contributed by atoms with Crippen LogP contribution in [0.15, 0.2) is 70.1 Å². The molecule has 176 valence electrons. The monoisotopic (exact) mass is 510 g/mol. The second kappa shape index (κ2) is 9.09. The highest BCUT2D eigenvalue weighted by Crippen LogP contribution is 2.36. The third kappa shape index (κ3) is 4.36. The van der Waals surface area contributed by atoms with Gasteiger partial charge in [0.25, 0.3) is 11.1 Å². The van der Waals surface area contributed by atoms with Crippen molar-refractivity contribution in [1.29, 1.82) is 0 Å². The zero-order valence-electron chi connectivity index (χ0n) is 17.9. The second-order valence-corrected chi connectivity index (χ2v) is 9.17. The average Bonchev–Trinajstić information content (AvgIpc) is 3.50. The summed E-state index contributed by atoms with van der Waals surface area (Å²) >= 11 is 6.85. The van der Waals surface area contributed by atoms with Gasteiger partial charge in [-0.2, -0.15) is 0 Å². The molecule has 3 heterocycles. The summed E-state index contributed by atoms with van der Waals surface area (Å²) in [5.41, 5.74) is 1.61. The lowest BCUT2D eigenvalue weighted by Gasteiger charge is -2.14. The molecule has 0 unspecified atom stereocenters. The number of carbonyl (C=O) groups is 3. The fraction of sp³-hybridized carbons (Fsp3) is 0.0800. The third-order valence-electron chi connectivity index (χ3n) is 5.56. The highest BCUT2D eigenvalue weighted by atomic mass is 35.5. The Morgan fingerprint density at radius 3 is 2.63 bits per heavy atom. The molecule has 5 rings (SSSR count). The largest absolute Gasteiger partial charge is 0.475 e. The van der Waals surface area contributed by atoms with E-state index in [1.54, 1.807) is 18.3 Å². The molecular weight excluding hydrogens is 495 g/mol. The molecule has 0 atom stereocenters. The first-order valence-corrected chi connectivity index (χ1v) is 11.6. The lowest BCUT2D eigenvalue weighted by molar-refractivity contribution is -0.123. The van der Waals surface area contributed by atoms with E-state index in [4.69, 9.17) is 21.1 Å². The van der Waals surface area contributed by atoms with E-state index in [1.807, 2.05) is 28.8 Å². The van der Waals surface area contributed by atoms with Crippen LogP contribution in [0.2, 0.25) is 5.02 Å². The summed E-state index contributed by atoms with van der Waals surface area (Å²) in [6.07, 6.45) is 3.42. The van der Waals surface area contributed by atoms with Crippen LogP contribution in [-0.4, -0.2) is 31.7 Å². The van der Waals surface area contributed by atoms with Gasteiger partial charge < -0.3 is 14.1 Å². The summed E-state index contributed by atoms with van der Waals surface area (Å²) in [6.45, 7) is 0.00850. The Kier molecular flexibility index (Phi) is 5.96. The molecule has 0 spiro atoms. The number of carboxylic acid groups (broad SMARTS) is 1. The number of aromatic carboxylic acids is 1. The van der Waals surface area contributed by atoms with Crippen LogP contribution in [0.1, 0.15) is 27.4 Å². The van der Waals surface area contributed by atoms with Gasteiger partial charge in [0, 0.05) is 33.2 Å². The number of furan rings is 1. The molecule has 0 bridgehead atoms. The van der Waals surface area contributed by atoms with Crippen molar-refractivity contribution in [2.75, 3.05) is 0 Å². The Labute approximate surface area is 207 Å². The summed E-state index contributed by atoms with van der Waals surface area (Å²) in [7, 11) is 0. The summed E-state index contributed by atoms with van der Waals surface area (Å²) in [6, 6.07) is 14.6. The number of aromatic nitrogens is 1. The lowest BCUT2D eigenvalue weighted by atomic mass is 10.1. The maximum Gasteiger partial charge on any atom is 0.371 e. The zero-order chi connectivity index (χ0) is 24.7. The first-order chi connectivity index (χ1) is 16.8. The SMILES string of the molecule is O=C(O)c1ccc(Cn2cc(/C=C3\SC(=O)N(Cc4c(F)cccc4Cl)C3=O)c3ccccc32)o1. The number of imide groups is 1. The van der Waals surface area contributed by atoms with E-state index in [2.05, 4.69) is 0 Å². The van der Waals surface area contributed by atoms with Gasteiger partial charge in [0.2, 0.25) is 5.76 Å². The Morgan fingerprint density at radius 2 is 1.89 bits per heavy atom. The number of nitrogens with zero attached hydrogens (tertiary/aromatic N) is 2. The standard InChI is InChI=1S/C25H16ClFN2O5S/c26-18-5-3-6-19(27)17(18)13-29-23(30)22(35-25(29)33)10-14-11-28(20-7-2-1-4-16(14)20)12-15-8-9-21(34-15)24(31)32/h1-11H,12-13H2,(H,31,32)/b22-10-. The third-order valence-corrected chi connectivity index (χ3v) is 6.82. The van der Waals surface area contributed by atoms with E-state index in [0.717, 1.165) is 27.6 Å². The van der Waals surface area contributed by atoms with Gasteiger partial charge in [-0.25, -0.2) is 9.18 Å². The molecule has 1 N–H and O–H groups in total. The number of carbonyl (C=O) groups excluding carboxylic acids is 2. The number of hydrogen-bond acceptors (Lipinski definition) is 5. The van der Waals surface area contributed by atoms with Gasteiger partial charge in [-0.3, -0.25) is 14.5 Å². The van der Waals surface area contributed by atoms with Crippen molar-refractivity contribution in [2.45, 2.75) is 13.1 Å². The average molecular weight is 511 g/mol. The van der Waals surface area contributed by atoms with Crippen LogP contribution < -0.4 is 0 Å². The normalized spacial score (nSPS) is 15.0. The minimum absolute atomic E-state index is 0.0773. The van der Waals surface area contributed by atoms with Crippen molar-refractivity contribution < 1.29 is 28.3 Å². The fourth-order valence-corrected chi connectivity index (χ4v) is 4.94. The van der Waals surface area contributed by atoms with Crippen molar-refractivity contribution in [3.05, 3.63) is 99.2 Å². The molecule has 7 nitrogen and oxygen atoms in total. The highest BCUT2D eigenvalue weighted by molar-refractivity contribution is 8.18.